The maximum absolute atomic E-state index is 4.34. The molecule has 0 atom stereocenters. The quantitative estimate of drug-likeness (QED) is 0.393. The minimum absolute atomic E-state index is 0. The molecule has 0 saturated heterocycles. The van der Waals surface area contributed by atoms with Gasteiger partial charge in [-0.25, -0.2) is 0 Å². The maximum atomic E-state index is 4.34. The first kappa shape index (κ1) is 18.4. The first-order valence-corrected chi connectivity index (χ1v) is 4.00. The molecule has 0 amide bonds. The SMILES string of the molecule is CO[CH-]OC.[CH2-]CCCCC.[Ti+2]. The largest absolute Gasteiger partial charge is 2.00 e. The van der Waals surface area contributed by atoms with Crippen LogP contribution < -0.4 is 0 Å². The predicted octanol–water partition coefficient (Wildman–Crippen LogP) is 2.80. The Morgan fingerprint density at radius 3 is 1.75 bits per heavy atom. The van der Waals surface area contributed by atoms with Crippen molar-refractivity contribution in [3.63, 3.8) is 0 Å². The van der Waals surface area contributed by atoms with E-state index in [1.165, 1.54) is 40.3 Å². The number of hydrogen-bond donors (Lipinski definition) is 0. The van der Waals surface area contributed by atoms with Crippen LogP contribution in [0.1, 0.15) is 32.6 Å². The summed E-state index contributed by atoms with van der Waals surface area (Å²) in [6, 6.07) is 0. The molecule has 0 fully saturated rings. The molecular weight excluding hydrogens is 188 g/mol. The molecule has 0 heterocycles. The summed E-state index contributed by atoms with van der Waals surface area (Å²) in [7, 11) is 3.06. The fraction of sp³-hybridized carbons (Fsp3) is 0.778. The van der Waals surface area contributed by atoms with Crippen LogP contribution >= 0.6 is 0 Å². The van der Waals surface area contributed by atoms with E-state index in [1.807, 2.05) is 0 Å². The Morgan fingerprint density at radius 1 is 1.17 bits per heavy atom. The molecule has 72 valence electrons. The molecule has 0 rings (SSSR count). The normalized spacial score (nSPS) is 8.00. The molecule has 0 unspecified atom stereocenters. The van der Waals surface area contributed by atoms with Crippen LogP contribution in [0.2, 0.25) is 0 Å². The molecule has 0 spiro atoms. The van der Waals surface area contributed by atoms with Gasteiger partial charge in [0.05, 0.1) is 0 Å². The molecule has 0 aliphatic rings. The van der Waals surface area contributed by atoms with Gasteiger partial charge < -0.3 is 16.4 Å². The number of hydrogen-bond acceptors (Lipinski definition) is 2. The second-order valence-electron chi connectivity index (χ2n) is 2.13. The molecule has 0 radical (unpaired) electrons. The summed E-state index contributed by atoms with van der Waals surface area (Å²) in [4.78, 5) is 0. The Balaban J connectivity index is -0.000000126. The zero-order valence-electron chi connectivity index (χ0n) is 8.43. The van der Waals surface area contributed by atoms with Gasteiger partial charge in [0.1, 0.15) is 0 Å². The minimum atomic E-state index is 0. The molecule has 0 bridgehead atoms. The molecule has 12 heavy (non-hydrogen) atoms. The molecule has 3 heteroatoms. The third-order valence-corrected chi connectivity index (χ3v) is 1.05. The zero-order valence-corrected chi connectivity index (χ0v) is 9.99. The Hall–Kier alpha value is 0.634. The summed E-state index contributed by atoms with van der Waals surface area (Å²) in [5, 5.41) is 0. The predicted molar refractivity (Wildman–Crippen MR) is 47.8 cm³/mol. The van der Waals surface area contributed by atoms with Crippen molar-refractivity contribution in [1.82, 2.24) is 0 Å². The third kappa shape index (κ3) is 31.1. The van der Waals surface area contributed by atoms with Gasteiger partial charge in [0, 0.05) is 14.2 Å². The van der Waals surface area contributed by atoms with Gasteiger partial charge >= 0.3 is 21.7 Å². The summed E-state index contributed by atoms with van der Waals surface area (Å²) in [6.45, 7) is 7.18. The van der Waals surface area contributed by atoms with Gasteiger partial charge in [-0.1, -0.05) is 33.0 Å². The summed E-state index contributed by atoms with van der Waals surface area (Å²) < 4.78 is 8.69. The van der Waals surface area contributed by atoms with Crippen LogP contribution in [0.5, 0.6) is 0 Å². The second-order valence-corrected chi connectivity index (χ2v) is 2.13. The number of methoxy groups -OCH3 is 2. The van der Waals surface area contributed by atoms with Crippen molar-refractivity contribution in [2.45, 2.75) is 32.6 Å². The molecule has 2 nitrogen and oxygen atoms in total. The van der Waals surface area contributed by atoms with Crippen LogP contribution in [-0.2, 0) is 31.2 Å². The molecule has 0 N–H and O–H groups in total. The number of unbranched alkanes of at least 4 members (excludes halogenated alkanes) is 3. The summed E-state index contributed by atoms with van der Waals surface area (Å²) >= 11 is 0. The maximum Gasteiger partial charge on any atom is 2.00 e. The first-order chi connectivity index (χ1) is 5.33. The van der Waals surface area contributed by atoms with Gasteiger partial charge in [-0.15, -0.1) is 0 Å². The monoisotopic (exact) mass is 208 g/mol. The average molecular weight is 208 g/mol. The molecule has 0 aliphatic heterocycles. The van der Waals surface area contributed by atoms with Crippen molar-refractivity contribution < 1.29 is 31.2 Å². The van der Waals surface area contributed by atoms with Crippen molar-refractivity contribution in [1.29, 1.82) is 0 Å². The second kappa shape index (κ2) is 22.6. The Labute approximate surface area is 91.9 Å². The van der Waals surface area contributed by atoms with Gasteiger partial charge in [-0.05, 0) is 0 Å². The fourth-order valence-electron chi connectivity index (χ4n) is 0.523. The van der Waals surface area contributed by atoms with Crippen molar-refractivity contribution in [3.8, 4) is 0 Å². The molecule has 0 aromatic carbocycles. The van der Waals surface area contributed by atoms with Gasteiger partial charge in [-0.3, -0.25) is 0 Å². The van der Waals surface area contributed by atoms with E-state index >= 15 is 0 Å². The topological polar surface area (TPSA) is 18.5 Å². The number of ether oxygens (including phenoxy) is 2. The van der Waals surface area contributed by atoms with Crippen molar-refractivity contribution >= 4 is 0 Å². The fourth-order valence-corrected chi connectivity index (χ4v) is 0.523. The summed E-state index contributed by atoms with van der Waals surface area (Å²) in [6.07, 6.45) is 5.07. The zero-order chi connectivity index (χ0) is 8.95. The van der Waals surface area contributed by atoms with E-state index in [9.17, 15) is 0 Å². The third-order valence-electron chi connectivity index (χ3n) is 1.05. The van der Waals surface area contributed by atoms with Crippen molar-refractivity contribution in [3.05, 3.63) is 13.7 Å². The van der Waals surface area contributed by atoms with Crippen LogP contribution in [0, 0.1) is 13.7 Å². The van der Waals surface area contributed by atoms with Gasteiger partial charge in [0.2, 0.25) is 0 Å². The van der Waals surface area contributed by atoms with Crippen molar-refractivity contribution in [2.24, 2.45) is 0 Å². The smallest absolute Gasteiger partial charge is 0.527 e. The molecule has 0 aromatic rings. The average Bonchev–Trinajstić information content (AvgIpc) is 2.04. The van der Waals surface area contributed by atoms with Crippen LogP contribution in [0.3, 0.4) is 0 Å². The van der Waals surface area contributed by atoms with E-state index in [1.54, 1.807) is 0 Å². The van der Waals surface area contributed by atoms with Crippen molar-refractivity contribution in [2.75, 3.05) is 14.2 Å². The standard InChI is InChI=1S/C6H13.C3H7O2.Ti/c1-3-5-6-4-2;1-4-3-5-2;/h1,3-6H2,2H3;3H,1-2H3;/q2*-1;+2. The molecular formula is C9H20O2Ti. The van der Waals surface area contributed by atoms with Gasteiger partial charge in [0.15, 0.2) is 0 Å². The first-order valence-electron chi connectivity index (χ1n) is 4.00. The summed E-state index contributed by atoms with van der Waals surface area (Å²) in [5.41, 5.74) is 0. The van der Waals surface area contributed by atoms with E-state index in [0.717, 1.165) is 6.42 Å². The number of rotatable bonds is 5. The Bertz CT molecular complexity index is 45.8. The van der Waals surface area contributed by atoms with Crippen LogP contribution in [0.4, 0.5) is 0 Å². The van der Waals surface area contributed by atoms with E-state index in [0.29, 0.717) is 0 Å². The summed E-state index contributed by atoms with van der Waals surface area (Å²) in [5.74, 6) is 0. The van der Waals surface area contributed by atoms with E-state index < -0.39 is 0 Å². The van der Waals surface area contributed by atoms with Gasteiger partial charge in [0.25, 0.3) is 0 Å². The van der Waals surface area contributed by atoms with E-state index in [-0.39, 0.29) is 21.7 Å². The minimum Gasteiger partial charge on any atom is -0.527 e. The molecule has 0 aliphatic carbocycles. The molecule has 0 aromatic heterocycles. The van der Waals surface area contributed by atoms with E-state index in [2.05, 4.69) is 23.3 Å². The van der Waals surface area contributed by atoms with Crippen LogP contribution in [-0.4, -0.2) is 14.2 Å². The Morgan fingerprint density at radius 2 is 1.67 bits per heavy atom. The molecule has 0 saturated carbocycles. The van der Waals surface area contributed by atoms with E-state index in [4.69, 9.17) is 0 Å². The van der Waals surface area contributed by atoms with Crippen LogP contribution in [0.25, 0.3) is 0 Å². The Kier molecular flexibility index (Phi) is 34.7. The van der Waals surface area contributed by atoms with Gasteiger partial charge in [-0.2, -0.15) is 6.42 Å². The van der Waals surface area contributed by atoms with Crippen LogP contribution in [0.15, 0.2) is 0 Å².